The fourth-order valence-electron chi connectivity index (χ4n) is 1.56. The molecule has 0 aliphatic heterocycles. The zero-order valence-corrected chi connectivity index (χ0v) is 12.5. The number of carbonyl (C=O) groups excluding carboxylic acids is 1. The molecule has 6 heteroatoms. The molecular weight excluding hydrogens is 279 g/mol. The van der Waals surface area contributed by atoms with Gasteiger partial charge in [0.05, 0.1) is 18.0 Å². The second-order valence-electron chi connectivity index (χ2n) is 4.54. The molecule has 2 N–H and O–H groups in total. The summed E-state index contributed by atoms with van der Waals surface area (Å²) in [5.41, 5.74) is 5.90. The van der Waals surface area contributed by atoms with Crippen molar-refractivity contribution in [1.82, 2.24) is 4.90 Å². The van der Waals surface area contributed by atoms with Crippen LogP contribution < -0.4 is 10.5 Å². The van der Waals surface area contributed by atoms with Gasteiger partial charge in [0, 0.05) is 20.0 Å². The minimum Gasteiger partial charge on any atom is -0.493 e. The van der Waals surface area contributed by atoms with Gasteiger partial charge in [0.15, 0.2) is 0 Å². The van der Waals surface area contributed by atoms with E-state index in [0.717, 1.165) is 0 Å². The molecule has 1 amide bonds. The average Bonchev–Trinajstić information content (AvgIpc) is 2.39. The van der Waals surface area contributed by atoms with Crippen molar-refractivity contribution < 1.29 is 13.9 Å². The highest BCUT2D eigenvalue weighted by Gasteiger charge is 2.09. The number of hydrogen-bond donors (Lipinski definition) is 1. The lowest BCUT2D eigenvalue weighted by Gasteiger charge is -2.16. The Morgan fingerprint density at radius 1 is 1.45 bits per heavy atom. The largest absolute Gasteiger partial charge is 0.493 e. The fraction of sp³-hybridized carbons (Fsp3) is 0.429. The molecule has 0 aliphatic rings. The first-order valence-corrected chi connectivity index (χ1v) is 6.72. The number of rotatable bonds is 7. The van der Waals surface area contributed by atoms with Crippen LogP contribution in [0, 0.1) is 12.7 Å². The molecule has 1 rings (SSSR count). The van der Waals surface area contributed by atoms with Gasteiger partial charge in [0.2, 0.25) is 5.91 Å². The van der Waals surface area contributed by atoms with Crippen molar-refractivity contribution in [3.63, 3.8) is 0 Å². The third-order valence-electron chi connectivity index (χ3n) is 2.83. The van der Waals surface area contributed by atoms with Crippen LogP contribution in [0.4, 0.5) is 4.39 Å². The van der Waals surface area contributed by atoms with E-state index in [1.54, 1.807) is 31.0 Å². The van der Waals surface area contributed by atoms with Crippen LogP contribution in [0.5, 0.6) is 5.75 Å². The Morgan fingerprint density at radius 2 is 2.15 bits per heavy atom. The maximum absolute atomic E-state index is 13.1. The minimum atomic E-state index is -0.272. The first-order chi connectivity index (χ1) is 9.40. The molecule has 0 bridgehead atoms. The van der Waals surface area contributed by atoms with Crippen LogP contribution >= 0.6 is 12.2 Å². The first-order valence-electron chi connectivity index (χ1n) is 6.31. The van der Waals surface area contributed by atoms with Crippen molar-refractivity contribution in [2.24, 2.45) is 5.73 Å². The number of thiocarbonyl (C=S) groups is 1. The van der Waals surface area contributed by atoms with Crippen molar-refractivity contribution in [3.05, 3.63) is 29.6 Å². The molecule has 4 nitrogen and oxygen atoms in total. The van der Waals surface area contributed by atoms with Crippen molar-refractivity contribution in [2.75, 3.05) is 20.2 Å². The molecule has 1 aromatic rings. The topological polar surface area (TPSA) is 55.6 Å². The van der Waals surface area contributed by atoms with Crippen LogP contribution in [0.3, 0.4) is 0 Å². The van der Waals surface area contributed by atoms with Gasteiger partial charge in [-0.15, -0.1) is 0 Å². The second kappa shape index (κ2) is 7.79. The van der Waals surface area contributed by atoms with Crippen molar-refractivity contribution >= 4 is 23.1 Å². The number of hydrogen-bond acceptors (Lipinski definition) is 3. The number of nitrogens with two attached hydrogens (primary N) is 1. The molecule has 0 spiro atoms. The van der Waals surface area contributed by atoms with E-state index in [-0.39, 0.29) is 24.8 Å². The van der Waals surface area contributed by atoms with Gasteiger partial charge in [-0.05, 0) is 30.7 Å². The smallest absolute Gasteiger partial charge is 0.225 e. The number of halogens is 1. The standard InChI is InChI=1S/C14H19FN2O2S/c1-10-9-11(3-4-12(10)15)19-8-6-14(18)17(2)7-5-13(16)20/h3-4,9H,5-8H2,1-2H3,(H2,16,20). The molecule has 20 heavy (non-hydrogen) atoms. The van der Waals surface area contributed by atoms with E-state index in [1.807, 2.05) is 0 Å². The summed E-state index contributed by atoms with van der Waals surface area (Å²) in [6, 6.07) is 4.50. The van der Waals surface area contributed by atoms with Crippen LogP contribution in [0.25, 0.3) is 0 Å². The van der Waals surface area contributed by atoms with Gasteiger partial charge in [0.1, 0.15) is 11.6 Å². The monoisotopic (exact) mass is 298 g/mol. The van der Waals surface area contributed by atoms with E-state index in [4.69, 9.17) is 22.7 Å². The van der Waals surface area contributed by atoms with Crippen LogP contribution in [0.2, 0.25) is 0 Å². The normalized spacial score (nSPS) is 10.2. The molecule has 1 aromatic carbocycles. The summed E-state index contributed by atoms with van der Waals surface area (Å²) < 4.78 is 18.5. The van der Waals surface area contributed by atoms with Crippen LogP contribution in [0.1, 0.15) is 18.4 Å². The summed E-state index contributed by atoms with van der Waals surface area (Å²) in [4.78, 5) is 13.7. The number of benzene rings is 1. The van der Waals surface area contributed by atoms with Gasteiger partial charge in [-0.25, -0.2) is 4.39 Å². The number of amides is 1. The average molecular weight is 298 g/mol. The highest BCUT2D eigenvalue weighted by molar-refractivity contribution is 7.80. The van der Waals surface area contributed by atoms with E-state index < -0.39 is 0 Å². The van der Waals surface area contributed by atoms with Gasteiger partial charge in [-0.2, -0.15) is 0 Å². The lowest BCUT2D eigenvalue weighted by Crippen LogP contribution is -2.30. The fourth-order valence-corrected chi connectivity index (χ4v) is 1.65. The van der Waals surface area contributed by atoms with E-state index in [1.165, 1.54) is 6.07 Å². The van der Waals surface area contributed by atoms with Gasteiger partial charge in [-0.3, -0.25) is 4.79 Å². The molecular formula is C14H19FN2O2S. The zero-order chi connectivity index (χ0) is 15.1. The third kappa shape index (κ3) is 5.52. The Labute approximate surface area is 123 Å². The third-order valence-corrected chi connectivity index (χ3v) is 3.04. The quantitative estimate of drug-likeness (QED) is 0.783. The summed E-state index contributed by atoms with van der Waals surface area (Å²) in [5, 5.41) is 0. The van der Waals surface area contributed by atoms with Crippen molar-refractivity contribution in [1.29, 1.82) is 0 Å². The van der Waals surface area contributed by atoms with Gasteiger partial charge in [-0.1, -0.05) is 12.2 Å². The van der Waals surface area contributed by atoms with Crippen molar-refractivity contribution in [2.45, 2.75) is 19.8 Å². The lowest BCUT2D eigenvalue weighted by molar-refractivity contribution is -0.130. The molecule has 0 heterocycles. The highest BCUT2D eigenvalue weighted by Crippen LogP contribution is 2.16. The van der Waals surface area contributed by atoms with E-state index in [2.05, 4.69) is 0 Å². The molecule has 0 aromatic heterocycles. The van der Waals surface area contributed by atoms with Crippen LogP contribution in [0.15, 0.2) is 18.2 Å². The summed E-state index contributed by atoms with van der Waals surface area (Å²) in [5.74, 6) is 0.244. The number of nitrogens with zero attached hydrogens (tertiary/aromatic N) is 1. The van der Waals surface area contributed by atoms with Gasteiger partial charge in [0.25, 0.3) is 0 Å². The zero-order valence-electron chi connectivity index (χ0n) is 11.7. The first kappa shape index (κ1) is 16.4. The molecule has 0 radical (unpaired) electrons. The van der Waals surface area contributed by atoms with E-state index >= 15 is 0 Å². The Bertz CT molecular complexity index is 494. The van der Waals surface area contributed by atoms with Crippen molar-refractivity contribution in [3.8, 4) is 5.75 Å². The minimum absolute atomic E-state index is 0.0416. The molecule has 110 valence electrons. The summed E-state index contributed by atoms with van der Waals surface area (Å²) in [7, 11) is 1.70. The number of ether oxygens (including phenoxy) is 1. The maximum atomic E-state index is 13.1. The molecule has 0 atom stereocenters. The summed E-state index contributed by atoms with van der Waals surface area (Å²) in [6.45, 7) is 2.42. The van der Waals surface area contributed by atoms with E-state index in [9.17, 15) is 9.18 Å². The molecule has 0 saturated carbocycles. The Balaban J connectivity index is 2.34. The second-order valence-corrected chi connectivity index (χ2v) is 5.07. The molecule has 0 unspecified atom stereocenters. The SMILES string of the molecule is Cc1cc(OCCC(=O)N(C)CCC(N)=S)ccc1F. The van der Waals surface area contributed by atoms with Gasteiger partial charge >= 0.3 is 0 Å². The predicted octanol–water partition coefficient (Wildman–Crippen LogP) is 2.04. The molecule has 0 saturated heterocycles. The van der Waals surface area contributed by atoms with Gasteiger partial charge < -0.3 is 15.4 Å². The molecule has 0 fully saturated rings. The Morgan fingerprint density at radius 3 is 2.75 bits per heavy atom. The number of aryl methyl sites for hydroxylation is 1. The predicted molar refractivity (Wildman–Crippen MR) is 80.3 cm³/mol. The lowest BCUT2D eigenvalue weighted by atomic mass is 10.2. The number of carbonyl (C=O) groups is 1. The Hall–Kier alpha value is -1.69. The van der Waals surface area contributed by atoms with Crippen LogP contribution in [-0.2, 0) is 4.79 Å². The van der Waals surface area contributed by atoms with Crippen LogP contribution in [-0.4, -0.2) is 36.0 Å². The molecule has 0 aliphatic carbocycles. The maximum Gasteiger partial charge on any atom is 0.225 e. The highest BCUT2D eigenvalue weighted by atomic mass is 32.1. The summed E-state index contributed by atoms with van der Waals surface area (Å²) >= 11 is 4.76. The summed E-state index contributed by atoms with van der Waals surface area (Å²) in [6.07, 6.45) is 0.764. The van der Waals surface area contributed by atoms with E-state index in [0.29, 0.717) is 29.3 Å². The Kier molecular flexibility index (Phi) is 6.38.